The Balaban J connectivity index is 0.00000181. The molecule has 0 aromatic heterocycles. The second-order valence-corrected chi connectivity index (χ2v) is 26.8. The molecule has 0 saturated carbocycles. The number of aryl methyl sites for hydroxylation is 2. The first-order valence-electron chi connectivity index (χ1n) is 11.2. The van der Waals surface area contributed by atoms with Gasteiger partial charge >= 0.3 is 192 Å². The molecule has 2 aliphatic carbocycles. The van der Waals surface area contributed by atoms with Crippen molar-refractivity contribution in [2.45, 2.75) is 58.3 Å². The number of fused-ring (bicyclic) bond motifs is 1. The molecule has 4 heteroatoms. The quantitative estimate of drug-likeness (QED) is 0.504. The van der Waals surface area contributed by atoms with Crippen LogP contribution in [0.1, 0.15) is 59.1 Å². The molecule has 4 rings (SSSR count). The van der Waals surface area contributed by atoms with Crippen LogP contribution in [0.3, 0.4) is 0 Å². The van der Waals surface area contributed by atoms with Crippen molar-refractivity contribution in [3.63, 3.8) is 0 Å². The van der Waals surface area contributed by atoms with Gasteiger partial charge in [-0.25, -0.2) is 0 Å². The van der Waals surface area contributed by atoms with Gasteiger partial charge in [-0.2, -0.15) is 0 Å². The zero-order valence-electron chi connectivity index (χ0n) is 20.5. The summed E-state index contributed by atoms with van der Waals surface area (Å²) in [5.74, 6) is 0.655. The third kappa shape index (κ3) is 4.50. The zero-order valence-corrected chi connectivity index (χ0v) is 25.5. The van der Waals surface area contributed by atoms with Crippen LogP contribution in [0.4, 0.5) is 0 Å². The fourth-order valence-corrected chi connectivity index (χ4v) is 25.4. The van der Waals surface area contributed by atoms with Crippen LogP contribution in [0.25, 0.3) is 5.57 Å². The number of benzene rings is 2. The molecule has 32 heavy (non-hydrogen) atoms. The summed E-state index contributed by atoms with van der Waals surface area (Å²) in [7, 11) is 0. The Bertz CT molecular complexity index is 1170. The molecule has 0 bridgehead atoms. The second-order valence-electron chi connectivity index (χ2n) is 9.39. The third-order valence-electron chi connectivity index (χ3n) is 7.45. The van der Waals surface area contributed by atoms with Crippen molar-refractivity contribution in [3.05, 3.63) is 96.4 Å². The first-order chi connectivity index (χ1) is 14.2. The Kier molecular flexibility index (Phi) is 9.25. The molecule has 168 valence electrons. The monoisotopic (exact) mass is 558 g/mol. The van der Waals surface area contributed by atoms with E-state index in [0.717, 1.165) is 0 Å². The second kappa shape index (κ2) is 10.7. The van der Waals surface area contributed by atoms with Crippen LogP contribution < -0.4 is 24.8 Å². The molecule has 2 aliphatic rings. The predicted molar refractivity (Wildman–Crippen MR) is 130 cm³/mol. The van der Waals surface area contributed by atoms with Crippen LogP contribution in [0.2, 0.25) is 13.1 Å². The first kappa shape index (κ1) is 27.6. The molecule has 0 radical (unpaired) electrons. The molecular formula is C28H34Cl2SiZr. The van der Waals surface area contributed by atoms with Gasteiger partial charge in [0.1, 0.15) is 0 Å². The van der Waals surface area contributed by atoms with E-state index >= 15 is 0 Å². The summed E-state index contributed by atoms with van der Waals surface area (Å²) in [6.07, 6.45) is 2.71. The number of hydrogen-bond donors (Lipinski definition) is 0. The standard InChI is InChI=1S/C17H15.C9H13.C2H6Si.2ClH.Zr/c1-12-8-9-13(2)17-15(12)10-11-16(17)14-6-4-3-5-7-14;1-6-5-7(2)9(4)8(6)3;1-3-2;;;/h3-11H,1-2H3;6H,1-4H3;1-2H3;2*1H;/q;;;;;+2/p-2. The Morgan fingerprint density at radius 1 is 0.781 bits per heavy atom. The molecule has 0 nitrogen and oxygen atoms in total. The minimum atomic E-state index is -1.94. The van der Waals surface area contributed by atoms with E-state index in [1.807, 2.05) is 3.28 Å². The average molecular weight is 561 g/mol. The summed E-state index contributed by atoms with van der Waals surface area (Å²) in [4.78, 5) is 0. The van der Waals surface area contributed by atoms with Gasteiger partial charge in [0, 0.05) is 0 Å². The smallest absolute Gasteiger partial charge is 1.00 e. The molecule has 0 aliphatic heterocycles. The minimum absolute atomic E-state index is 0. The largest absolute Gasteiger partial charge is 1.00 e. The van der Waals surface area contributed by atoms with E-state index in [4.69, 9.17) is 0 Å². The van der Waals surface area contributed by atoms with Gasteiger partial charge in [-0.05, 0) is 0 Å². The van der Waals surface area contributed by atoms with Crippen LogP contribution in [0, 0.1) is 19.8 Å². The summed E-state index contributed by atoms with van der Waals surface area (Å²) in [6, 6.07) is 15.8. The van der Waals surface area contributed by atoms with Gasteiger partial charge in [-0.3, -0.25) is 0 Å². The zero-order chi connectivity index (χ0) is 21.7. The topological polar surface area (TPSA) is 0 Å². The summed E-state index contributed by atoms with van der Waals surface area (Å²) < 4.78 is 2.58. The number of hydrogen-bond acceptors (Lipinski definition) is 0. The van der Waals surface area contributed by atoms with Gasteiger partial charge in [0.2, 0.25) is 0 Å². The van der Waals surface area contributed by atoms with Crippen molar-refractivity contribution in [2.24, 2.45) is 5.92 Å². The van der Waals surface area contributed by atoms with Crippen molar-refractivity contribution < 1.29 is 45.2 Å². The van der Waals surface area contributed by atoms with Crippen LogP contribution in [0.5, 0.6) is 0 Å². The van der Waals surface area contributed by atoms with E-state index < -0.39 is 20.4 Å². The van der Waals surface area contributed by atoms with Gasteiger partial charge in [0.25, 0.3) is 0 Å². The Hall–Kier alpha value is -0.660. The van der Waals surface area contributed by atoms with Gasteiger partial charge in [0.05, 0.1) is 0 Å². The van der Waals surface area contributed by atoms with Gasteiger partial charge < -0.3 is 24.8 Å². The average Bonchev–Trinajstić information content (AvgIpc) is 3.21. The Labute approximate surface area is 215 Å². The first-order valence-corrected chi connectivity index (χ1v) is 20.0. The van der Waals surface area contributed by atoms with E-state index in [9.17, 15) is 0 Å². The van der Waals surface area contributed by atoms with Gasteiger partial charge in [-0.15, -0.1) is 0 Å². The summed E-state index contributed by atoms with van der Waals surface area (Å²) >= 11 is -1.94. The van der Waals surface area contributed by atoms with E-state index in [-0.39, 0.29) is 30.2 Å². The van der Waals surface area contributed by atoms with Crippen molar-refractivity contribution in [1.82, 2.24) is 0 Å². The molecule has 2 aromatic rings. The van der Waals surface area contributed by atoms with E-state index in [2.05, 4.69) is 103 Å². The molecule has 2 unspecified atom stereocenters. The number of halogens is 2. The van der Waals surface area contributed by atoms with E-state index in [1.165, 1.54) is 27.8 Å². The van der Waals surface area contributed by atoms with Crippen LogP contribution in [-0.4, -0.2) is 5.43 Å². The van der Waals surface area contributed by atoms with Crippen LogP contribution in [-0.2, 0) is 20.4 Å². The minimum Gasteiger partial charge on any atom is -1.00 e. The molecular weight excluding hydrogens is 527 g/mol. The predicted octanol–water partition coefficient (Wildman–Crippen LogP) is 1.93. The molecule has 0 saturated heterocycles. The maximum absolute atomic E-state index is 2.71. The molecule has 0 N–H and O–H groups in total. The molecule has 2 atom stereocenters. The van der Waals surface area contributed by atoms with Crippen molar-refractivity contribution in [3.8, 4) is 0 Å². The molecule has 0 amide bonds. The number of rotatable bonds is 3. The third-order valence-corrected chi connectivity index (χ3v) is 26.0. The van der Waals surface area contributed by atoms with Gasteiger partial charge in [0.15, 0.2) is 0 Å². The summed E-state index contributed by atoms with van der Waals surface area (Å²) in [5.41, 5.74) is 13.5. The van der Waals surface area contributed by atoms with Crippen molar-refractivity contribution in [1.29, 1.82) is 0 Å². The summed E-state index contributed by atoms with van der Waals surface area (Å²) in [5, 5.41) is 0. The van der Waals surface area contributed by atoms with Crippen molar-refractivity contribution in [2.75, 3.05) is 0 Å². The van der Waals surface area contributed by atoms with Crippen LogP contribution in [0.15, 0.2) is 68.5 Å². The Morgan fingerprint density at radius 3 is 1.91 bits per heavy atom. The molecule has 0 heterocycles. The van der Waals surface area contributed by atoms with Crippen molar-refractivity contribution >= 4 is 11.0 Å². The normalized spacial score (nSPS) is 19.0. The maximum atomic E-state index is 2.71. The van der Waals surface area contributed by atoms with Crippen LogP contribution >= 0.6 is 0 Å². The molecule has 0 fully saturated rings. The fraction of sp³-hybridized carbons (Fsp3) is 0.357. The number of allylic oxidation sites excluding steroid dienone is 5. The van der Waals surface area contributed by atoms with Gasteiger partial charge in [-0.1, -0.05) is 0 Å². The van der Waals surface area contributed by atoms with E-state index in [1.54, 1.807) is 22.3 Å². The maximum Gasteiger partial charge on any atom is -1.00 e. The SMILES string of the molecule is CC1=C(C)C(C)[C]([Zr+2]([CH]2C=C(c3ccccc3)c3c(C)ccc(C)c32)=[Si](C)C)=C1C.[Cl-].[Cl-]. The summed E-state index contributed by atoms with van der Waals surface area (Å²) in [6.45, 7) is 19.5. The molecule has 2 aromatic carbocycles. The molecule has 0 spiro atoms. The Morgan fingerprint density at radius 2 is 1.38 bits per heavy atom. The van der Waals surface area contributed by atoms with E-state index in [0.29, 0.717) is 9.54 Å². The fourth-order valence-electron chi connectivity index (χ4n) is 5.56.